The molecule has 10 heavy (non-hydrogen) atoms. The van der Waals surface area contributed by atoms with Crippen molar-refractivity contribution in [1.82, 2.24) is 0 Å². The molecule has 1 saturated carbocycles. The summed E-state index contributed by atoms with van der Waals surface area (Å²) in [7, 11) is 0. The summed E-state index contributed by atoms with van der Waals surface area (Å²) in [5, 5.41) is 17.3. The summed E-state index contributed by atoms with van der Waals surface area (Å²) >= 11 is 0. The Balaban J connectivity index is 2.50. The van der Waals surface area contributed by atoms with Crippen molar-refractivity contribution in [2.75, 3.05) is 6.61 Å². The Kier molecular flexibility index (Phi) is 2.27. The molecule has 0 radical (unpaired) electrons. The third kappa shape index (κ3) is 1.29. The lowest BCUT2D eigenvalue weighted by molar-refractivity contribution is -0.143. The Bertz CT molecular complexity index is 133. The van der Waals surface area contributed by atoms with Crippen LogP contribution in [0.5, 0.6) is 0 Å². The SMILES string of the molecule is O=C(O)[C@@H]1CCC[C@H]1CO. The molecule has 0 heterocycles. The summed E-state index contributed by atoms with van der Waals surface area (Å²) in [6.07, 6.45) is 2.55. The second-order valence-corrected chi connectivity index (χ2v) is 2.82. The number of rotatable bonds is 2. The molecule has 0 aromatic rings. The molecule has 0 unspecified atom stereocenters. The van der Waals surface area contributed by atoms with Crippen LogP contribution in [0, 0.1) is 11.8 Å². The first-order chi connectivity index (χ1) is 4.75. The van der Waals surface area contributed by atoms with Gasteiger partial charge in [-0.15, -0.1) is 0 Å². The van der Waals surface area contributed by atoms with E-state index in [9.17, 15) is 4.79 Å². The van der Waals surface area contributed by atoms with Crippen molar-refractivity contribution in [3.8, 4) is 0 Å². The van der Waals surface area contributed by atoms with Crippen LogP contribution in [0.25, 0.3) is 0 Å². The van der Waals surface area contributed by atoms with Gasteiger partial charge >= 0.3 is 5.97 Å². The molecule has 0 amide bonds. The molecule has 3 nitrogen and oxygen atoms in total. The molecule has 3 heteroatoms. The molecule has 1 aliphatic carbocycles. The van der Waals surface area contributed by atoms with Crippen LogP contribution in [-0.4, -0.2) is 22.8 Å². The molecule has 1 fully saturated rings. The first kappa shape index (κ1) is 7.54. The Labute approximate surface area is 59.7 Å². The molecule has 0 saturated heterocycles. The number of carboxylic acid groups (broad SMARTS) is 1. The fourth-order valence-electron chi connectivity index (χ4n) is 1.58. The number of hydrogen-bond donors (Lipinski definition) is 2. The van der Waals surface area contributed by atoms with E-state index in [1.165, 1.54) is 0 Å². The van der Waals surface area contributed by atoms with Crippen molar-refractivity contribution in [2.24, 2.45) is 11.8 Å². The molecule has 58 valence electrons. The summed E-state index contributed by atoms with van der Waals surface area (Å²) in [4.78, 5) is 10.5. The molecule has 1 aliphatic rings. The highest BCUT2D eigenvalue weighted by molar-refractivity contribution is 5.70. The minimum Gasteiger partial charge on any atom is -0.481 e. The fourth-order valence-corrected chi connectivity index (χ4v) is 1.58. The van der Waals surface area contributed by atoms with E-state index < -0.39 is 5.97 Å². The van der Waals surface area contributed by atoms with Gasteiger partial charge in [0.05, 0.1) is 5.92 Å². The van der Waals surface area contributed by atoms with E-state index >= 15 is 0 Å². The first-order valence-corrected chi connectivity index (χ1v) is 3.59. The van der Waals surface area contributed by atoms with Crippen LogP contribution in [0.4, 0.5) is 0 Å². The number of aliphatic carboxylic acids is 1. The molecule has 2 atom stereocenters. The molecule has 1 rings (SSSR count). The Morgan fingerprint density at radius 3 is 2.60 bits per heavy atom. The van der Waals surface area contributed by atoms with Crippen LogP contribution in [0.15, 0.2) is 0 Å². The molecular weight excluding hydrogens is 132 g/mol. The maximum absolute atomic E-state index is 10.5. The zero-order valence-electron chi connectivity index (χ0n) is 5.79. The third-order valence-corrected chi connectivity index (χ3v) is 2.21. The smallest absolute Gasteiger partial charge is 0.306 e. The fraction of sp³-hybridized carbons (Fsp3) is 0.857. The topological polar surface area (TPSA) is 57.5 Å². The number of aliphatic hydroxyl groups excluding tert-OH is 1. The van der Waals surface area contributed by atoms with Gasteiger partial charge in [-0.1, -0.05) is 6.42 Å². The van der Waals surface area contributed by atoms with E-state index in [1.807, 2.05) is 0 Å². The van der Waals surface area contributed by atoms with Crippen molar-refractivity contribution >= 4 is 5.97 Å². The van der Waals surface area contributed by atoms with Gasteiger partial charge in [0.25, 0.3) is 0 Å². The Morgan fingerprint density at radius 1 is 1.50 bits per heavy atom. The second-order valence-electron chi connectivity index (χ2n) is 2.82. The van der Waals surface area contributed by atoms with Crippen LogP contribution in [0.2, 0.25) is 0 Å². The Hall–Kier alpha value is -0.570. The predicted octanol–water partition coefficient (Wildman–Crippen LogP) is 0.480. The van der Waals surface area contributed by atoms with Gasteiger partial charge in [-0.25, -0.2) is 0 Å². The van der Waals surface area contributed by atoms with Crippen molar-refractivity contribution in [1.29, 1.82) is 0 Å². The van der Waals surface area contributed by atoms with Crippen molar-refractivity contribution in [2.45, 2.75) is 19.3 Å². The van der Waals surface area contributed by atoms with E-state index in [4.69, 9.17) is 10.2 Å². The molecular formula is C7H12O3. The van der Waals surface area contributed by atoms with E-state index in [0.717, 1.165) is 19.3 Å². The lowest BCUT2D eigenvalue weighted by Gasteiger charge is -2.10. The lowest BCUT2D eigenvalue weighted by atomic mass is 9.97. The first-order valence-electron chi connectivity index (χ1n) is 3.59. The van der Waals surface area contributed by atoms with Crippen molar-refractivity contribution < 1.29 is 15.0 Å². The normalized spacial score (nSPS) is 32.5. The number of aliphatic hydroxyl groups is 1. The molecule has 0 bridgehead atoms. The van der Waals surface area contributed by atoms with Gasteiger partial charge in [0, 0.05) is 6.61 Å². The summed E-state index contributed by atoms with van der Waals surface area (Å²) < 4.78 is 0. The van der Waals surface area contributed by atoms with Gasteiger partial charge in [-0.2, -0.15) is 0 Å². The Morgan fingerprint density at radius 2 is 2.20 bits per heavy atom. The second kappa shape index (κ2) is 3.01. The van der Waals surface area contributed by atoms with Gasteiger partial charge in [0.15, 0.2) is 0 Å². The highest BCUT2D eigenvalue weighted by Crippen LogP contribution is 2.31. The van der Waals surface area contributed by atoms with Crippen molar-refractivity contribution in [3.63, 3.8) is 0 Å². The number of hydrogen-bond acceptors (Lipinski definition) is 2. The highest BCUT2D eigenvalue weighted by Gasteiger charge is 2.31. The zero-order chi connectivity index (χ0) is 7.56. The van der Waals surface area contributed by atoms with E-state index in [-0.39, 0.29) is 18.4 Å². The minimum atomic E-state index is -0.753. The van der Waals surface area contributed by atoms with Crippen LogP contribution in [0.1, 0.15) is 19.3 Å². The molecule has 0 aromatic carbocycles. The molecule has 0 aliphatic heterocycles. The van der Waals surface area contributed by atoms with Crippen LogP contribution in [-0.2, 0) is 4.79 Å². The summed E-state index contributed by atoms with van der Waals surface area (Å²) in [6.45, 7) is 0.0248. The molecule has 0 spiro atoms. The highest BCUT2D eigenvalue weighted by atomic mass is 16.4. The zero-order valence-corrected chi connectivity index (χ0v) is 5.79. The average molecular weight is 144 g/mol. The van der Waals surface area contributed by atoms with Crippen LogP contribution in [0.3, 0.4) is 0 Å². The van der Waals surface area contributed by atoms with Gasteiger partial charge in [0.2, 0.25) is 0 Å². The number of carboxylic acids is 1. The quantitative estimate of drug-likeness (QED) is 0.592. The summed E-state index contributed by atoms with van der Waals surface area (Å²) in [5.74, 6) is -1.03. The largest absolute Gasteiger partial charge is 0.481 e. The minimum absolute atomic E-state index is 0.0116. The monoisotopic (exact) mass is 144 g/mol. The maximum Gasteiger partial charge on any atom is 0.306 e. The third-order valence-electron chi connectivity index (χ3n) is 2.21. The summed E-state index contributed by atoms with van der Waals surface area (Å²) in [6, 6.07) is 0. The maximum atomic E-state index is 10.5. The lowest BCUT2D eigenvalue weighted by Crippen LogP contribution is -2.20. The van der Waals surface area contributed by atoms with Crippen molar-refractivity contribution in [3.05, 3.63) is 0 Å². The number of carbonyl (C=O) groups is 1. The molecule has 2 N–H and O–H groups in total. The van der Waals surface area contributed by atoms with E-state index in [2.05, 4.69) is 0 Å². The van der Waals surface area contributed by atoms with Crippen LogP contribution < -0.4 is 0 Å². The van der Waals surface area contributed by atoms with E-state index in [0.29, 0.717) is 0 Å². The van der Waals surface area contributed by atoms with E-state index in [1.54, 1.807) is 0 Å². The van der Waals surface area contributed by atoms with Gasteiger partial charge < -0.3 is 10.2 Å². The standard InChI is InChI=1S/C7H12O3/c8-4-5-2-1-3-6(5)7(9)10/h5-6,8H,1-4H2,(H,9,10)/t5-,6+/m0/s1. The van der Waals surface area contributed by atoms with Gasteiger partial charge in [0.1, 0.15) is 0 Å². The summed E-state index contributed by atoms with van der Waals surface area (Å²) in [5.41, 5.74) is 0. The van der Waals surface area contributed by atoms with Gasteiger partial charge in [-0.05, 0) is 18.8 Å². The van der Waals surface area contributed by atoms with Gasteiger partial charge in [-0.3, -0.25) is 4.79 Å². The molecule has 0 aromatic heterocycles. The average Bonchev–Trinajstić information content (AvgIpc) is 2.33. The van der Waals surface area contributed by atoms with Crippen LogP contribution >= 0.6 is 0 Å². The predicted molar refractivity (Wildman–Crippen MR) is 35.6 cm³/mol.